The molecule has 3 rings (SSSR count). The molecule has 1 fully saturated rings. The van der Waals surface area contributed by atoms with Crippen molar-refractivity contribution in [3.63, 3.8) is 0 Å². The van der Waals surface area contributed by atoms with E-state index in [0.29, 0.717) is 10.7 Å². The molecule has 22 heavy (non-hydrogen) atoms. The molecule has 1 aromatic rings. The third-order valence-corrected chi connectivity index (χ3v) is 5.17. The molecule has 0 aliphatic carbocycles. The van der Waals surface area contributed by atoms with E-state index < -0.39 is 5.25 Å². The molecule has 1 atom stereocenters. The second-order valence-electron chi connectivity index (χ2n) is 5.27. The van der Waals surface area contributed by atoms with Crippen molar-refractivity contribution in [1.82, 2.24) is 4.90 Å². The number of benzene rings is 1. The fraction of sp³-hybridized carbons (Fsp3) is 0.400. The summed E-state index contributed by atoms with van der Waals surface area (Å²) in [7, 11) is 0. The monoisotopic (exact) mass is 337 g/mol. The zero-order chi connectivity index (χ0) is 15.5. The second-order valence-corrected chi connectivity index (χ2v) is 6.84. The molecule has 5 nitrogen and oxygen atoms in total. The van der Waals surface area contributed by atoms with E-state index >= 15 is 0 Å². The zero-order valence-electron chi connectivity index (χ0n) is 11.9. The molecule has 0 saturated carbocycles. The van der Waals surface area contributed by atoms with Crippen molar-refractivity contribution >= 4 is 46.0 Å². The highest BCUT2D eigenvalue weighted by Crippen LogP contribution is 2.29. The Bertz CT molecular complexity index is 629. The van der Waals surface area contributed by atoms with Gasteiger partial charge in [0.25, 0.3) is 5.91 Å². The first-order valence-corrected chi connectivity index (χ1v) is 8.48. The molecule has 1 saturated heterocycles. The third kappa shape index (κ3) is 3.44. The molecule has 2 aliphatic heterocycles. The zero-order valence-corrected chi connectivity index (χ0v) is 13.5. The summed E-state index contributed by atoms with van der Waals surface area (Å²) >= 11 is 7.40. The van der Waals surface area contributed by atoms with Crippen LogP contribution in [0, 0.1) is 0 Å². The number of likely N-dealkylation sites (tertiary alicyclic amines) is 1. The highest BCUT2D eigenvalue weighted by atomic mass is 35.5. The Labute approximate surface area is 138 Å². The topological polar surface area (TPSA) is 61.8 Å². The van der Waals surface area contributed by atoms with Gasteiger partial charge in [-0.05, 0) is 25.0 Å². The van der Waals surface area contributed by atoms with Gasteiger partial charge < -0.3 is 10.2 Å². The van der Waals surface area contributed by atoms with Crippen LogP contribution in [0.4, 0.5) is 5.69 Å². The summed E-state index contributed by atoms with van der Waals surface area (Å²) < 4.78 is 0. The molecular weight excluding hydrogens is 322 g/mol. The number of anilines is 1. The van der Waals surface area contributed by atoms with E-state index in [1.54, 1.807) is 24.3 Å². The molecule has 0 bridgehead atoms. The number of carbonyl (C=O) groups is 2. The van der Waals surface area contributed by atoms with E-state index in [-0.39, 0.29) is 18.2 Å². The third-order valence-electron chi connectivity index (χ3n) is 3.62. The van der Waals surface area contributed by atoms with Crippen LogP contribution in [-0.4, -0.2) is 40.2 Å². The molecule has 1 aromatic carbocycles. The van der Waals surface area contributed by atoms with Crippen molar-refractivity contribution in [2.24, 2.45) is 4.99 Å². The van der Waals surface area contributed by atoms with Crippen molar-refractivity contribution in [1.29, 1.82) is 0 Å². The van der Waals surface area contributed by atoms with Gasteiger partial charge in [0.15, 0.2) is 5.17 Å². The molecule has 2 aliphatic rings. The molecule has 116 valence electrons. The second kappa shape index (κ2) is 6.71. The maximum atomic E-state index is 12.1. The Morgan fingerprint density at radius 2 is 2.09 bits per heavy atom. The van der Waals surface area contributed by atoms with Crippen molar-refractivity contribution in [3.8, 4) is 0 Å². The normalized spacial score (nSPS) is 21.1. The van der Waals surface area contributed by atoms with E-state index in [2.05, 4.69) is 15.2 Å². The SMILES string of the molecule is O=C(C[C@@H]1SC(N2CCCC2)=NC1=O)Nc1ccccc1Cl. The maximum Gasteiger partial charge on any atom is 0.262 e. The standard InChI is InChI=1S/C15H16ClN3O2S/c16-10-5-1-2-6-11(10)17-13(20)9-12-14(21)18-15(22-12)19-7-3-4-8-19/h1-2,5-6,12H,3-4,7-9H2,(H,17,20)/t12-/m0/s1. The number of amides is 2. The number of thioether (sulfide) groups is 1. The summed E-state index contributed by atoms with van der Waals surface area (Å²) in [6.45, 7) is 1.88. The van der Waals surface area contributed by atoms with Gasteiger partial charge in [0.2, 0.25) is 5.91 Å². The number of amidine groups is 1. The van der Waals surface area contributed by atoms with Crippen molar-refractivity contribution in [2.45, 2.75) is 24.5 Å². The maximum absolute atomic E-state index is 12.1. The lowest BCUT2D eigenvalue weighted by molar-refractivity contribution is -0.121. The molecule has 0 spiro atoms. The highest BCUT2D eigenvalue weighted by molar-refractivity contribution is 8.15. The number of hydrogen-bond donors (Lipinski definition) is 1. The Morgan fingerprint density at radius 1 is 1.36 bits per heavy atom. The van der Waals surface area contributed by atoms with Crippen LogP contribution in [0.1, 0.15) is 19.3 Å². The summed E-state index contributed by atoms with van der Waals surface area (Å²) in [6.07, 6.45) is 2.37. The van der Waals surface area contributed by atoms with Gasteiger partial charge in [-0.15, -0.1) is 0 Å². The van der Waals surface area contributed by atoms with Crippen LogP contribution in [-0.2, 0) is 9.59 Å². The predicted octanol–water partition coefficient (Wildman–Crippen LogP) is 2.76. The van der Waals surface area contributed by atoms with Gasteiger partial charge in [-0.1, -0.05) is 35.5 Å². The molecule has 2 heterocycles. The number of halogens is 1. The van der Waals surface area contributed by atoms with Crippen LogP contribution in [0.15, 0.2) is 29.3 Å². The minimum atomic E-state index is -0.432. The lowest BCUT2D eigenvalue weighted by Gasteiger charge is -2.16. The minimum absolute atomic E-state index is 0.107. The largest absolute Gasteiger partial charge is 0.351 e. The van der Waals surface area contributed by atoms with E-state index in [1.165, 1.54) is 11.8 Å². The van der Waals surface area contributed by atoms with E-state index in [0.717, 1.165) is 31.1 Å². The minimum Gasteiger partial charge on any atom is -0.351 e. The van der Waals surface area contributed by atoms with Crippen LogP contribution in [0.2, 0.25) is 5.02 Å². The van der Waals surface area contributed by atoms with Crippen molar-refractivity contribution in [3.05, 3.63) is 29.3 Å². The van der Waals surface area contributed by atoms with Gasteiger partial charge in [-0.25, -0.2) is 0 Å². The number of carbonyl (C=O) groups excluding carboxylic acids is 2. The number of nitrogens with zero attached hydrogens (tertiary/aromatic N) is 2. The van der Waals surface area contributed by atoms with Gasteiger partial charge >= 0.3 is 0 Å². The molecule has 7 heteroatoms. The summed E-state index contributed by atoms with van der Waals surface area (Å²) in [5, 5.41) is 3.55. The summed E-state index contributed by atoms with van der Waals surface area (Å²) in [6, 6.07) is 7.04. The molecular formula is C15H16ClN3O2S. The fourth-order valence-electron chi connectivity index (χ4n) is 2.49. The predicted molar refractivity (Wildman–Crippen MR) is 89.3 cm³/mol. The van der Waals surface area contributed by atoms with Crippen LogP contribution in [0.25, 0.3) is 0 Å². The first kappa shape index (κ1) is 15.4. The Kier molecular flexibility index (Phi) is 4.69. The molecule has 2 amide bonds. The van der Waals surface area contributed by atoms with Crippen LogP contribution >= 0.6 is 23.4 Å². The smallest absolute Gasteiger partial charge is 0.262 e. The number of rotatable bonds is 3. The molecule has 0 aromatic heterocycles. The quantitative estimate of drug-likeness (QED) is 0.921. The highest BCUT2D eigenvalue weighted by Gasteiger charge is 2.33. The van der Waals surface area contributed by atoms with Gasteiger partial charge in [-0.3, -0.25) is 9.59 Å². The van der Waals surface area contributed by atoms with Gasteiger partial charge in [-0.2, -0.15) is 4.99 Å². The number of nitrogens with one attached hydrogen (secondary N) is 1. The Hall–Kier alpha value is -1.53. The average molecular weight is 338 g/mol. The van der Waals surface area contributed by atoms with Crippen molar-refractivity contribution in [2.75, 3.05) is 18.4 Å². The van der Waals surface area contributed by atoms with Gasteiger partial charge in [0, 0.05) is 19.5 Å². The van der Waals surface area contributed by atoms with Crippen LogP contribution in [0.3, 0.4) is 0 Å². The van der Waals surface area contributed by atoms with E-state index in [1.807, 2.05) is 0 Å². The summed E-state index contributed by atoms with van der Waals surface area (Å²) in [5.41, 5.74) is 0.560. The molecule has 0 radical (unpaired) electrons. The van der Waals surface area contributed by atoms with Gasteiger partial charge in [0.05, 0.1) is 10.7 Å². The van der Waals surface area contributed by atoms with Crippen molar-refractivity contribution < 1.29 is 9.59 Å². The van der Waals surface area contributed by atoms with E-state index in [4.69, 9.17) is 11.6 Å². The molecule has 0 unspecified atom stereocenters. The van der Waals surface area contributed by atoms with E-state index in [9.17, 15) is 9.59 Å². The first-order valence-electron chi connectivity index (χ1n) is 7.22. The van der Waals surface area contributed by atoms with Gasteiger partial charge in [0.1, 0.15) is 5.25 Å². The fourth-order valence-corrected chi connectivity index (χ4v) is 3.79. The Balaban J connectivity index is 1.56. The number of para-hydroxylation sites is 1. The average Bonchev–Trinajstić information content (AvgIpc) is 3.12. The summed E-state index contributed by atoms with van der Waals surface area (Å²) in [4.78, 5) is 30.3. The van der Waals surface area contributed by atoms with Crippen LogP contribution < -0.4 is 5.32 Å². The lowest BCUT2D eigenvalue weighted by atomic mass is 10.2. The number of aliphatic imine (C=N–C) groups is 1. The van der Waals surface area contributed by atoms with Crippen LogP contribution in [0.5, 0.6) is 0 Å². The summed E-state index contributed by atoms with van der Waals surface area (Å²) in [5.74, 6) is -0.446. The Morgan fingerprint density at radius 3 is 2.82 bits per heavy atom. The number of hydrogen-bond acceptors (Lipinski definition) is 4. The molecule has 1 N–H and O–H groups in total. The lowest BCUT2D eigenvalue weighted by Crippen LogP contribution is -2.25. The first-order chi connectivity index (χ1) is 10.6.